The highest BCUT2D eigenvalue weighted by atomic mass is 16.3. The van der Waals surface area contributed by atoms with Crippen LogP contribution < -0.4 is 0 Å². The average Bonchev–Trinajstić information content (AvgIpc) is 2.88. The van der Waals surface area contributed by atoms with E-state index in [4.69, 9.17) is 9.52 Å². The summed E-state index contributed by atoms with van der Waals surface area (Å²) in [7, 11) is 0. The van der Waals surface area contributed by atoms with Gasteiger partial charge in [-0.25, -0.2) is 0 Å². The summed E-state index contributed by atoms with van der Waals surface area (Å²) in [6, 6.07) is 9.76. The van der Waals surface area contributed by atoms with Gasteiger partial charge in [0, 0.05) is 5.56 Å². The third-order valence-corrected chi connectivity index (χ3v) is 2.31. The minimum absolute atomic E-state index is 0.112. The fraction of sp³-hybridized carbons (Fsp3) is 0. The van der Waals surface area contributed by atoms with Crippen LogP contribution >= 0.6 is 0 Å². The molecule has 2 rings (SSSR count). The van der Waals surface area contributed by atoms with E-state index in [1.807, 2.05) is 6.07 Å². The molecule has 0 saturated carbocycles. The van der Waals surface area contributed by atoms with Crippen LogP contribution in [0.4, 0.5) is 0 Å². The summed E-state index contributed by atoms with van der Waals surface area (Å²) in [5.74, 6) is 0.768. The van der Waals surface area contributed by atoms with E-state index in [9.17, 15) is 4.79 Å². The molecule has 18 heavy (non-hydrogen) atoms. The van der Waals surface area contributed by atoms with Crippen molar-refractivity contribution in [3.8, 4) is 5.75 Å². The minimum atomic E-state index is -0.112. The van der Waals surface area contributed by atoms with Gasteiger partial charge in [-0.3, -0.25) is 4.79 Å². The van der Waals surface area contributed by atoms with Gasteiger partial charge in [-0.15, -0.1) is 0 Å². The Morgan fingerprint density at radius 1 is 1.11 bits per heavy atom. The van der Waals surface area contributed by atoms with Gasteiger partial charge in [0.25, 0.3) is 0 Å². The summed E-state index contributed by atoms with van der Waals surface area (Å²) in [4.78, 5) is 11.7. The van der Waals surface area contributed by atoms with Crippen molar-refractivity contribution >= 4 is 11.9 Å². The fourth-order valence-corrected chi connectivity index (χ4v) is 1.40. The standard InChI is InChI=1S/C15H12O3/c16-13-9-7-12(8-10-13)15(17)6-2-1-4-14-5-3-11-18-14/h1-11,16H/b4-1+,6-2+. The van der Waals surface area contributed by atoms with Crippen LogP contribution in [0.3, 0.4) is 0 Å². The Balaban J connectivity index is 1.97. The quantitative estimate of drug-likeness (QED) is 0.506. The Morgan fingerprint density at radius 2 is 1.89 bits per heavy atom. The fourth-order valence-electron chi connectivity index (χ4n) is 1.40. The second-order valence-corrected chi connectivity index (χ2v) is 3.64. The summed E-state index contributed by atoms with van der Waals surface area (Å²) in [6.07, 6.45) is 8.20. The van der Waals surface area contributed by atoms with Crippen LogP contribution in [-0.4, -0.2) is 10.9 Å². The van der Waals surface area contributed by atoms with Crippen LogP contribution in [0.2, 0.25) is 0 Å². The minimum Gasteiger partial charge on any atom is -0.508 e. The number of phenolic OH excluding ortho intramolecular Hbond substituents is 1. The molecule has 0 atom stereocenters. The van der Waals surface area contributed by atoms with Gasteiger partial charge >= 0.3 is 0 Å². The predicted octanol–water partition coefficient (Wildman–Crippen LogP) is 3.44. The molecule has 2 aromatic rings. The monoisotopic (exact) mass is 240 g/mol. The number of allylic oxidation sites excluding steroid dienone is 3. The number of hydrogen-bond acceptors (Lipinski definition) is 3. The van der Waals surface area contributed by atoms with Crippen molar-refractivity contribution in [2.24, 2.45) is 0 Å². The maximum atomic E-state index is 11.7. The molecule has 1 aromatic heterocycles. The van der Waals surface area contributed by atoms with Gasteiger partial charge in [0.1, 0.15) is 11.5 Å². The highest BCUT2D eigenvalue weighted by Gasteiger charge is 1.99. The zero-order valence-corrected chi connectivity index (χ0v) is 9.61. The first-order valence-corrected chi connectivity index (χ1v) is 5.47. The molecule has 90 valence electrons. The molecule has 0 unspecified atom stereocenters. The normalized spacial score (nSPS) is 11.3. The maximum absolute atomic E-state index is 11.7. The first-order valence-electron chi connectivity index (χ1n) is 5.47. The Hall–Kier alpha value is -2.55. The molecule has 0 aliphatic carbocycles. The molecular formula is C15H12O3. The number of ketones is 1. The summed E-state index contributed by atoms with van der Waals surface area (Å²) in [6.45, 7) is 0. The molecule has 1 aromatic carbocycles. The zero-order chi connectivity index (χ0) is 12.8. The lowest BCUT2D eigenvalue weighted by Crippen LogP contribution is -1.92. The van der Waals surface area contributed by atoms with Crippen LogP contribution in [-0.2, 0) is 0 Å². The Kier molecular flexibility index (Phi) is 3.76. The van der Waals surface area contributed by atoms with Gasteiger partial charge in [-0.1, -0.05) is 12.2 Å². The van der Waals surface area contributed by atoms with E-state index in [1.54, 1.807) is 42.7 Å². The van der Waals surface area contributed by atoms with Crippen molar-refractivity contribution in [1.82, 2.24) is 0 Å². The molecule has 0 aliphatic heterocycles. The molecule has 0 amide bonds. The van der Waals surface area contributed by atoms with Gasteiger partial charge in [0.05, 0.1) is 6.26 Å². The number of carbonyl (C=O) groups is 1. The van der Waals surface area contributed by atoms with Crippen molar-refractivity contribution in [2.45, 2.75) is 0 Å². The molecule has 3 nitrogen and oxygen atoms in total. The van der Waals surface area contributed by atoms with Crippen LogP contribution in [0.5, 0.6) is 5.75 Å². The number of aromatic hydroxyl groups is 1. The summed E-state index contributed by atoms with van der Waals surface area (Å²) in [5.41, 5.74) is 0.537. The number of carbonyl (C=O) groups excluding carboxylic acids is 1. The van der Waals surface area contributed by atoms with E-state index < -0.39 is 0 Å². The van der Waals surface area contributed by atoms with Gasteiger partial charge < -0.3 is 9.52 Å². The van der Waals surface area contributed by atoms with Crippen molar-refractivity contribution < 1.29 is 14.3 Å². The lowest BCUT2D eigenvalue weighted by molar-refractivity contribution is 0.104. The molecule has 0 aliphatic rings. The molecule has 0 radical (unpaired) electrons. The first-order chi connectivity index (χ1) is 8.75. The summed E-state index contributed by atoms with van der Waals surface area (Å²) >= 11 is 0. The third-order valence-electron chi connectivity index (χ3n) is 2.31. The number of hydrogen-bond donors (Lipinski definition) is 1. The molecule has 3 heteroatoms. The number of furan rings is 1. The van der Waals surface area contributed by atoms with E-state index in [-0.39, 0.29) is 11.5 Å². The first kappa shape index (κ1) is 11.9. The van der Waals surface area contributed by atoms with Gasteiger partial charge in [0.2, 0.25) is 0 Å². The van der Waals surface area contributed by atoms with E-state index in [2.05, 4.69) is 0 Å². The molecule has 1 heterocycles. The van der Waals surface area contributed by atoms with E-state index in [0.29, 0.717) is 5.56 Å². The second-order valence-electron chi connectivity index (χ2n) is 3.64. The van der Waals surface area contributed by atoms with Gasteiger partial charge in [-0.2, -0.15) is 0 Å². The lowest BCUT2D eigenvalue weighted by atomic mass is 10.1. The maximum Gasteiger partial charge on any atom is 0.185 e. The van der Waals surface area contributed by atoms with Crippen LogP contribution in [0, 0.1) is 0 Å². The van der Waals surface area contributed by atoms with E-state index in [0.717, 1.165) is 5.76 Å². The number of phenols is 1. The van der Waals surface area contributed by atoms with Crippen molar-refractivity contribution in [3.05, 3.63) is 72.2 Å². The molecular weight excluding hydrogens is 228 g/mol. The van der Waals surface area contributed by atoms with Crippen LogP contribution in [0.15, 0.2) is 65.3 Å². The molecule has 1 N–H and O–H groups in total. The lowest BCUT2D eigenvalue weighted by Gasteiger charge is -1.95. The van der Waals surface area contributed by atoms with Gasteiger partial charge in [0.15, 0.2) is 5.78 Å². The van der Waals surface area contributed by atoms with Crippen molar-refractivity contribution in [2.75, 3.05) is 0 Å². The molecule has 0 fully saturated rings. The smallest absolute Gasteiger partial charge is 0.185 e. The van der Waals surface area contributed by atoms with Crippen molar-refractivity contribution in [1.29, 1.82) is 0 Å². The molecule has 0 saturated heterocycles. The second kappa shape index (κ2) is 5.68. The van der Waals surface area contributed by atoms with E-state index >= 15 is 0 Å². The molecule has 0 bridgehead atoms. The van der Waals surface area contributed by atoms with Crippen molar-refractivity contribution in [3.63, 3.8) is 0 Å². The Labute approximate surface area is 105 Å². The number of benzene rings is 1. The summed E-state index contributed by atoms with van der Waals surface area (Å²) < 4.78 is 5.10. The zero-order valence-electron chi connectivity index (χ0n) is 9.61. The van der Waals surface area contributed by atoms with E-state index in [1.165, 1.54) is 18.2 Å². The predicted molar refractivity (Wildman–Crippen MR) is 69.3 cm³/mol. The third kappa shape index (κ3) is 3.22. The van der Waals surface area contributed by atoms with Gasteiger partial charge in [-0.05, 0) is 48.6 Å². The molecule has 0 spiro atoms. The topological polar surface area (TPSA) is 50.4 Å². The highest BCUT2D eigenvalue weighted by molar-refractivity contribution is 6.04. The average molecular weight is 240 g/mol. The van der Waals surface area contributed by atoms with Crippen LogP contribution in [0.1, 0.15) is 16.1 Å². The Morgan fingerprint density at radius 3 is 2.56 bits per heavy atom. The highest BCUT2D eigenvalue weighted by Crippen LogP contribution is 2.10. The summed E-state index contributed by atoms with van der Waals surface area (Å²) in [5, 5.41) is 9.11. The SMILES string of the molecule is O=C(/C=C/C=C/c1ccco1)c1ccc(O)cc1. The van der Waals surface area contributed by atoms with Crippen LogP contribution in [0.25, 0.3) is 6.08 Å². The Bertz CT molecular complexity index is 560. The number of rotatable bonds is 4. The largest absolute Gasteiger partial charge is 0.508 e.